The first kappa shape index (κ1) is 8.40. The Morgan fingerprint density at radius 1 is 1.50 bits per heavy atom. The third kappa shape index (κ3) is 1.66. The highest BCUT2D eigenvalue weighted by Crippen LogP contribution is 2.04. The maximum atomic E-state index is 8.39. The zero-order valence-electron chi connectivity index (χ0n) is 6.90. The Morgan fingerprint density at radius 2 is 2.25 bits per heavy atom. The van der Waals surface area contributed by atoms with Crippen molar-refractivity contribution in [2.45, 2.75) is 13.3 Å². The molecule has 0 aliphatic heterocycles. The molecular formula is C7H8N4O. The maximum absolute atomic E-state index is 8.39. The molecule has 0 spiro atoms. The van der Waals surface area contributed by atoms with Gasteiger partial charge in [0.25, 0.3) is 0 Å². The van der Waals surface area contributed by atoms with Gasteiger partial charge >= 0.3 is 6.01 Å². The Balaban J connectivity index is 2.97. The van der Waals surface area contributed by atoms with Crippen molar-refractivity contribution in [3.63, 3.8) is 0 Å². The van der Waals surface area contributed by atoms with E-state index in [0.717, 1.165) is 0 Å². The predicted molar refractivity (Wildman–Crippen MR) is 40.4 cm³/mol. The molecule has 0 aliphatic rings. The van der Waals surface area contributed by atoms with E-state index in [2.05, 4.69) is 15.2 Å². The van der Waals surface area contributed by atoms with Crippen LogP contribution >= 0.6 is 0 Å². The van der Waals surface area contributed by atoms with Crippen LogP contribution in [-0.2, 0) is 6.42 Å². The summed E-state index contributed by atoms with van der Waals surface area (Å²) >= 11 is 0. The van der Waals surface area contributed by atoms with Gasteiger partial charge in [0.2, 0.25) is 0 Å². The summed E-state index contributed by atoms with van der Waals surface area (Å²) in [6, 6.07) is 2.21. The fourth-order valence-corrected chi connectivity index (χ4v) is 0.730. The molecule has 0 unspecified atom stereocenters. The van der Waals surface area contributed by atoms with Gasteiger partial charge in [-0.1, -0.05) is 5.10 Å². The molecule has 0 fully saturated rings. The van der Waals surface area contributed by atoms with Crippen molar-refractivity contribution in [3.8, 4) is 12.1 Å². The fraction of sp³-hybridized carbons (Fsp3) is 0.429. The number of nitrogens with zero attached hydrogens (tertiary/aromatic N) is 4. The van der Waals surface area contributed by atoms with E-state index < -0.39 is 0 Å². The average molecular weight is 164 g/mol. The molecule has 0 aliphatic carbocycles. The first-order valence-electron chi connectivity index (χ1n) is 3.39. The van der Waals surface area contributed by atoms with Crippen molar-refractivity contribution in [1.29, 1.82) is 5.26 Å². The SMILES string of the molecule is COc1nnc(CC#N)c(C)n1. The van der Waals surface area contributed by atoms with E-state index in [9.17, 15) is 0 Å². The van der Waals surface area contributed by atoms with E-state index in [4.69, 9.17) is 10.00 Å². The van der Waals surface area contributed by atoms with Crippen molar-refractivity contribution in [2.75, 3.05) is 7.11 Å². The van der Waals surface area contributed by atoms with Crippen LogP contribution in [0.5, 0.6) is 6.01 Å². The minimum atomic E-state index is 0.231. The standard InChI is InChI=1S/C7H8N4O/c1-5-6(3-4-8)10-11-7(9-5)12-2/h3H2,1-2H3. The molecule has 0 aromatic carbocycles. The summed E-state index contributed by atoms with van der Waals surface area (Å²) in [5.41, 5.74) is 1.28. The monoisotopic (exact) mass is 164 g/mol. The summed E-state index contributed by atoms with van der Waals surface area (Å²) in [6.07, 6.45) is 0.232. The number of hydrogen-bond donors (Lipinski definition) is 0. The molecule has 1 heterocycles. The Bertz CT molecular complexity index is 318. The molecule has 0 radical (unpaired) electrons. The third-order valence-corrected chi connectivity index (χ3v) is 1.37. The Labute approximate surface area is 70.0 Å². The first-order valence-corrected chi connectivity index (χ1v) is 3.39. The lowest BCUT2D eigenvalue weighted by molar-refractivity contribution is 0.371. The van der Waals surface area contributed by atoms with Gasteiger partial charge in [-0.15, -0.1) is 5.10 Å². The van der Waals surface area contributed by atoms with Crippen molar-refractivity contribution in [3.05, 3.63) is 11.4 Å². The number of nitriles is 1. The van der Waals surface area contributed by atoms with E-state index >= 15 is 0 Å². The third-order valence-electron chi connectivity index (χ3n) is 1.37. The molecule has 1 rings (SSSR count). The van der Waals surface area contributed by atoms with E-state index in [1.165, 1.54) is 7.11 Å². The van der Waals surface area contributed by atoms with Gasteiger partial charge in [0.15, 0.2) is 0 Å². The summed E-state index contributed by atoms with van der Waals surface area (Å²) in [6.45, 7) is 1.77. The lowest BCUT2D eigenvalue weighted by atomic mass is 10.3. The number of aryl methyl sites for hydroxylation is 1. The molecule has 1 aromatic rings. The summed E-state index contributed by atoms with van der Waals surface area (Å²) in [4.78, 5) is 3.96. The largest absolute Gasteiger partial charge is 0.466 e. The predicted octanol–water partition coefficient (Wildman–Crippen LogP) is 0.255. The van der Waals surface area contributed by atoms with Gasteiger partial charge in [-0.2, -0.15) is 10.2 Å². The van der Waals surface area contributed by atoms with Crippen molar-refractivity contribution in [2.24, 2.45) is 0 Å². The topological polar surface area (TPSA) is 71.7 Å². The normalized spacial score (nSPS) is 9.08. The lowest BCUT2D eigenvalue weighted by Crippen LogP contribution is -2.02. The smallest absolute Gasteiger partial charge is 0.335 e. The molecule has 0 saturated heterocycles. The number of hydrogen-bond acceptors (Lipinski definition) is 5. The lowest BCUT2D eigenvalue weighted by Gasteiger charge is -1.99. The van der Waals surface area contributed by atoms with Crippen LogP contribution in [0.15, 0.2) is 0 Å². The summed E-state index contributed by atoms with van der Waals surface area (Å²) in [5.74, 6) is 0. The Hall–Kier alpha value is -1.70. The summed E-state index contributed by atoms with van der Waals surface area (Å²) < 4.78 is 4.76. The Kier molecular flexibility index (Phi) is 2.53. The minimum Gasteiger partial charge on any atom is -0.466 e. The van der Waals surface area contributed by atoms with Gasteiger partial charge in [0, 0.05) is 0 Å². The molecule has 62 valence electrons. The summed E-state index contributed by atoms with van der Waals surface area (Å²) in [5, 5.41) is 15.8. The second kappa shape index (κ2) is 3.62. The zero-order chi connectivity index (χ0) is 8.97. The molecule has 5 nitrogen and oxygen atoms in total. The molecule has 0 N–H and O–H groups in total. The van der Waals surface area contributed by atoms with Crippen LogP contribution in [0.2, 0.25) is 0 Å². The molecular weight excluding hydrogens is 156 g/mol. The van der Waals surface area contributed by atoms with E-state index in [-0.39, 0.29) is 12.4 Å². The molecule has 1 aromatic heterocycles. The molecule has 12 heavy (non-hydrogen) atoms. The second-order valence-corrected chi connectivity index (χ2v) is 2.17. The van der Waals surface area contributed by atoms with Crippen LogP contribution in [0.1, 0.15) is 11.4 Å². The molecule has 0 atom stereocenters. The highest BCUT2D eigenvalue weighted by Gasteiger charge is 2.03. The molecule has 0 saturated carbocycles. The minimum absolute atomic E-state index is 0.231. The van der Waals surface area contributed by atoms with Crippen LogP contribution in [0.4, 0.5) is 0 Å². The van der Waals surface area contributed by atoms with E-state index in [0.29, 0.717) is 11.4 Å². The number of methoxy groups -OCH3 is 1. The van der Waals surface area contributed by atoms with Crippen LogP contribution in [0, 0.1) is 18.3 Å². The number of ether oxygens (including phenoxy) is 1. The zero-order valence-corrected chi connectivity index (χ0v) is 6.90. The molecule has 0 bridgehead atoms. The van der Waals surface area contributed by atoms with Crippen LogP contribution in [-0.4, -0.2) is 22.3 Å². The number of rotatable bonds is 2. The van der Waals surface area contributed by atoms with Crippen LogP contribution < -0.4 is 4.74 Å². The van der Waals surface area contributed by atoms with Gasteiger partial charge in [0.1, 0.15) is 0 Å². The van der Waals surface area contributed by atoms with E-state index in [1.807, 2.05) is 6.07 Å². The van der Waals surface area contributed by atoms with Crippen LogP contribution in [0.25, 0.3) is 0 Å². The van der Waals surface area contributed by atoms with Crippen molar-refractivity contribution in [1.82, 2.24) is 15.2 Å². The highest BCUT2D eigenvalue weighted by molar-refractivity contribution is 5.13. The highest BCUT2D eigenvalue weighted by atomic mass is 16.5. The molecule has 0 amide bonds. The fourth-order valence-electron chi connectivity index (χ4n) is 0.730. The first-order chi connectivity index (χ1) is 5.77. The number of aromatic nitrogens is 3. The van der Waals surface area contributed by atoms with Gasteiger partial charge < -0.3 is 4.74 Å². The average Bonchev–Trinajstić information content (AvgIpc) is 2.09. The quantitative estimate of drug-likeness (QED) is 0.626. The Morgan fingerprint density at radius 3 is 2.75 bits per heavy atom. The second-order valence-electron chi connectivity index (χ2n) is 2.17. The van der Waals surface area contributed by atoms with Crippen LogP contribution in [0.3, 0.4) is 0 Å². The maximum Gasteiger partial charge on any atom is 0.335 e. The van der Waals surface area contributed by atoms with Gasteiger partial charge in [-0.05, 0) is 6.92 Å². The van der Waals surface area contributed by atoms with E-state index in [1.54, 1.807) is 6.92 Å². The van der Waals surface area contributed by atoms with Gasteiger partial charge in [-0.3, -0.25) is 0 Å². The van der Waals surface area contributed by atoms with Crippen molar-refractivity contribution >= 4 is 0 Å². The summed E-state index contributed by atoms with van der Waals surface area (Å²) in [7, 11) is 1.47. The van der Waals surface area contributed by atoms with Gasteiger partial charge in [-0.25, -0.2) is 0 Å². The van der Waals surface area contributed by atoms with Crippen molar-refractivity contribution < 1.29 is 4.74 Å². The molecule has 5 heteroatoms. The van der Waals surface area contributed by atoms with Gasteiger partial charge in [0.05, 0.1) is 31.0 Å².